The van der Waals surface area contributed by atoms with E-state index in [1.807, 2.05) is 11.0 Å². The number of piperidine rings is 1. The van der Waals surface area contributed by atoms with Crippen LogP contribution < -0.4 is 4.74 Å². The van der Waals surface area contributed by atoms with Crippen molar-refractivity contribution in [1.29, 1.82) is 0 Å². The van der Waals surface area contributed by atoms with E-state index in [4.69, 9.17) is 26.2 Å². The number of fused-ring (bicyclic) bond motifs is 2. The lowest BCUT2D eigenvalue weighted by Gasteiger charge is -2.32. The standard InChI is InChI=1S/C32H35ClFN5O3/c1-3-42-32(40)30(29-27-14-22(34)16-38(27)18-35-29)39-17-25-26(33)15-24(31(41-2)28(25)36-39)21-6-4-19(5-7-21)20-10-12-37(13-11-20)23-8-9-23/h4-7,15,17-18,20,22-23,27H,3,8-14,16H2,1-2H3/t22-,27?/m1/s1. The Balaban J connectivity index is 1.24. The first-order chi connectivity index (χ1) is 20.4. The summed E-state index contributed by atoms with van der Waals surface area (Å²) >= 11 is 6.83. The van der Waals surface area contributed by atoms with Crippen LogP contribution in [0.1, 0.15) is 50.5 Å². The molecule has 0 radical (unpaired) electrons. The molecule has 3 aromatic rings. The summed E-state index contributed by atoms with van der Waals surface area (Å²) in [7, 11) is 1.61. The molecule has 1 aromatic heterocycles. The van der Waals surface area contributed by atoms with Crippen LogP contribution in [-0.4, -0.2) is 83.5 Å². The number of esters is 1. The van der Waals surface area contributed by atoms with E-state index in [0.29, 0.717) is 33.3 Å². The van der Waals surface area contributed by atoms with Gasteiger partial charge in [-0.3, -0.25) is 0 Å². The third-order valence-electron chi connectivity index (χ3n) is 9.08. The van der Waals surface area contributed by atoms with Gasteiger partial charge in [-0.2, -0.15) is 5.10 Å². The molecule has 4 heterocycles. The zero-order valence-corrected chi connectivity index (χ0v) is 24.7. The highest BCUT2D eigenvalue weighted by atomic mass is 35.5. The Bertz CT molecular complexity index is 1570. The van der Waals surface area contributed by atoms with E-state index in [0.717, 1.165) is 17.2 Å². The lowest BCUT2D eigenvalue weighted by atomic mass is 9.88. The van der Waals surface area contributed by atoms with E-state index in [9.17, 15) is 9.18 Å². The third kappa shape index (κ3) is 4.86. The van der Waals surface area contributed by atoms with Crippen LogP contribution in [0.25, 0.3) is 27.7 Å². The summed E-state index contributed by atoms with van der Waals surface area (Å²) in [6, 6.07) is 11.1. The van der Waals surface area contributed by atoms with E-state index < -0.39 is 12.1 Å². The number of carbonyl (C=O) groups is 1. The predicted octanol–water partition coefficient (Wildman–Crippen LogP) is 5.89. The molecule has 0 amide bonds. The molecule has 2 saturated heterocycles. The Morgan fingerprint density at radius 3 is 2.60 bits per heavy atom. The van der Waals surface area contributed by atoms with Crippen LogP contribution >= 0.6 is 11.6 Å². The molecule has 3 fully saturated rings. The van der Waals surface area contributed by atoms with Crippen molar-refractivity contribution < 1.29 is 18.7 Å². The van der Waals surface area contributed by atoms with Crippen LogP contribution in [0, 0.1) is 0 Å². The second-order valence-corrected chi connectivity index (χ2v) is 12.1. The number of ether oxygens (including phenoxy) is 2. The number of hydrogen-bond donors (Lipinski definition) is 0. The summed E-state index contributed by atoms with van der Waals surface area (Å²) < 4.78 is 27.0. The Hall–Kier alpha value is -3.43. The quantitative estimate of drug-likeness (QED) is 0.252. The summed E-state index contributed by atoms with van der Waals surface area (Å²) in [4.78, 5) is 22.2. The molecule has 0 spiro atoms. The van der Waals surface area contributed by atoms with Gasteiger partial charge >= 0.3 is 5.97 Å². The van der Waals surface area contributed by atoms with Crippen LogP contribution in [0.2, 0.25) is 5.02 Å². The molecule has 1 saturated carbocycles. The van der Waals surface area contributed by atoms with Crippen molar-refractivity contribution in [3.05, 3.63) is 52.8 Å². The summed E-state index contributed by atoms with van der Waals surface area (Å²) in [5, 5.41) is 5.90. The number of halogens is 2. The number of likely N-dealkylation sites (tertiary alicyclic amines) is 1. The Labute approximate surface area is 249 Å². The molecule has 0 N–H and O–H groups in total. The average Bonchev–Trinajstić information content (AvgIpc) is 3.49. The van der Waals surface area contributed by atoms with Crippen molar-refractivity contribution in [3.8, 4) is 16.9 Å². The first-order valence-electron chi connectivity index (χ1n) is 14.9. The molecule has 2 atom stereocenters. The highest BCUT2D eigenvalue weighted by Crippen LogP contribution is 2.42. The van der Waals surface area contributed by atoms with Gasteiger partial charge in [0.1, 0.15) is 11.7 Å². The Morgan fingerprint density at radius 2 is 1.90 bits per heavy atom. The van der Waals surface area contributed by atoms with Gasteiger partial charge in [0, 0.05) is 29.6 Å². The fourth-order valence-corrected chi connectivity index (χ4v) is 7.03. The van der Waals surface area contributed by atoms with Gasteiger partial charge in [0.2, 0.25) is 0 Å². The van der Waals surface area contributed by atoms with E-state index >= 15 is 0 Å². The predicted molar refractivity (Wildman–Crippen MR) is 162 cm³/mol. The van der Waals surface area contributed by atoms with Gasteiger partial charge in [0.25, 0.3) is 0 Å². The largest absolute Gasteiger partial charge is 0.494 e. The number of hydrogen-bond acceptors (Lipinski definition) is 7. The number of benzene rings is 2. The van der Waals surface area contributed by atoms with Gasteiger partial charge < -0.3 is 19.3 Å². The minimum Gasteiger partial charge on any atom is -0.494 e. The highest BCUT2D eigenvalue weighted by molar-refractivity contribution is 6.36. The highest BCUT2D eigenvalue weighted by Gasteiger charge is 2.40. The molecule has 1 aliphatic carbocycles. The molecule has 7 rings (SSSR count). The van der Waals surface area contributed by atoms with Gasteiger partial charge in [-0.15, -0.1) is 0 Å². The molecule has 8 nitrogen and oxygen atoms in total. The number of methoxy groups -OCH3 is 1. The topological polar surface area (TPSA) is 72.2 Å². The van der Waals surface area contributed by atoms with Crippen LogP contribution in [-0.2, 0) is 9.53 Å². The maximum Gasteiger partial charge on any atom is 0.358 e. The monoisotopic (exact) mass is 591 g/mol. The summed E-state index contributed by atoms with van der Waals surface area (Å²) in [6.45, 7) is 4.54. The second-order valence-electron chi connectivity index (χ2n) is 11.7. The molecule has 0 bridgehead atoms. The summed E-state index contributed by atoms with van der Waals surface area (Å²) in [5.74, 6) is 0.567. The van der Waals surface area contributed by atoms with Crippen molar-refractivity contribution in [2.24, 2.45) is 4.99 Å². The van der Waals surface area contributed by atoms with Crippen molar-refractivity contribution >= 4 is 40.5 Å². The lowest BCUT2D eigenvalue weighted by Crippen LogP contribution is -2.34. The molecule has 10 heteroatoms. The normalized spacial score (nSPS) is 24.0. The molecule has 2 aromatic carbocycles. The van der Waals surface area contributed by atoms with Gasteiger partial charge in [-0.1, -0.05) is 35.9 Å². The first-order valence-corrected chi connectivity index (χ1v) is 15.3. The van der Waals surface area contributed by atoms with Crippen molar-refractivity contribution in [1.82, 2.24) is 19.6 Å². The minimum atomic E-state index is -0.990. The number of aliphatic imine (C=N–C) groups is 1. The Kier molecular flexibility index (Phi) is 7.18. The fourth-order valence-electron chi connectivity index (χ4n) is 6.78. The van der Waals surface area contributed by atoms with Gasteiger partial charge in [0.15, 0.2) is 11.4 Å². The number of nitrogens with zero attached hydrogens (tertiary/aromatic N) is 5. The van der Waals surface area contributed by atoms with Gasteiger partial charge in [-0.05, 0) is 68.8 Å². The van der Waals surface area contributed by atoms with Crippen molar-refractivity contribution in [2.45, 2.75) is 63.2 Å². The van der Waals surface area contributed by atoms with Crippen LogP contribution in [0.3, 0.4) is 0 Å². The molecule has 220 valence electrons. The first kappa shape index (κ1) is 27.4. The van der Waals surface area contributed by atoms with E-state index in [1.165, 1.54) is 49.0 Å². The molecule has 3 aliphatic heterocycles. The van der Waals surface area contributed by atoms with E-state index in [1.54, 1.807) is 26.6 Å². The lowest BCUT2D eigenvalue weighted by molar-refractivity contribution is -0.136. The smallest absolute Gasteiger partial charge is 0.358 e. The van der Waals surface area contributed by atoms with E-state index in [-0.39, 0.29) is 31.3 Å². The average molecular weight is 592 g/mol. The van der Waals surface area contributed by atoms with Crippen LogP contribution in [0.4, 0.5) is 4.39 Å². The van der Waals surface area contributed by atoms with Gasteiger partial charge in [0.05, 0.1) is 43.4 Å². The zero-order valence-electron chi connectivity index (χ0n) is 23.9. The third-order valence-corrected chi connectivity index (χ3v) is 9.39. The maximum atomic E-state index is 14.2. The second kappa shape index (κ2) is 11.0. The van der Waals surface area contributed by atoms with Crippen molar-refractivity contribution in [2.75, 3.05) is 33.4 Å². The van der Waals surface area contributed by atoms with Crippen molar-refractivity contribution in [3.63, 3.8) is 0 Å². The SMILES string of the molecule is CCOC(=O)C(=C1N=CN2C[C@H](F)CC12)n1cc2c(Cl)cc(-c3ccc(C4CCN(C5CC5)CC4)cc3)c(OC)c2n1. The van der Waals surface area contributed by atoms with E-state index in [2.05, 4.69) is 34.2 Å². The molecule has 42 heavy (non-hydrogen) atoms. The number of alkyl halides is 1. The van der Waals surface area contributed by atoms with Crippen LogP contribution in [0.5, 0.6) is 5.75 Å². The molecule has 1 unspecified atom stereocenters. The van der Waals surface area contributed by atoms with Crippen LogP contribution in [0.15, 0.2) is 47.2 Å². The van der Waals surface area contributed by atoms with Gasteiger partial charge in [-0.25, -0.2) is 18.9 Å². The fraction of sp³-hybridized carbons (Fsp3) is 0.469. The molecular weight excluding hydrogens is 557 g/mol. The maximum absolute atomic E-state index is 14.2. The Morgan fingerprint density at radius 1 is 1.14 bits per heavy atom. The molecule has 4 aliphatic rings. The number of rotatable bonds is 7. The summed E-state index contributed by atoms with van der Waals surface area (Å²) in [6.07, 6.45) is 7.66. The molecular formula is C32H35ClFN5O3. The summed E-state index contributed by atoms with van der Waals surface area (Å²) in [5.41, 5.74) is 4.28. The zero-order chi connectivity index (χ0) is 29.0. The number of carbonyl (C=O) groups excluding carboxylic acids is 1. The minimum absolute atomic E-state index is 0.155. The number of aromatic nitrogens is 2.